The van der Waals surface area contributed by atoms with Crippen molar-refractivity contribution in [2.24, 2.45) is 11.3 Å². The van der Waals surface area contributed by atoms with Gasteiger partial charge in [-0.2, -0.15) is 0 Å². The van der Waals surface area contributed by atoms with Crippen LogP contribution < -0.4 is 5.32 Å². The maximum atomic E-state index is 11.5. The summed E-state index contributed by atoms with van der Waals surface area (Å²) in [4.78, 5) is 11.5. The molecule has 1 saturated carbocycles. The van der Waals surface area contributed by atoms with Crippen LogP contribution in [0, 0.1) is 11.3 Å². The number of carbonyl (C=O) groups excluding carboxylic acids is 1. The van der Waals surface area contributed by atoms with E-state index in [0.29, 0.717) is 12.3 Å². The van der Waals surface area contributed by atoms with E-state index in [2.05, 4.69) is 19.2 Å². The summed E-state index contributed by atoms with van der Waals surface area (Å²) in [7, 11) is 0. The maximum Gasteiger partial charge on any atom is 0.220 e. The van der Waals surface area contributed by atoms with Crippen molar-refractivity contribution in [1.29, 1.82) is 0 Å². The van der Waals surface area contributed by atoms with E-state index in [1.54, 1.807) is 0 Å². The van der Waals surface area contributed by atoms with Crippen LogP contribution in [0.3, 0.4) is 0 Å². The first-order chi connectivity index (χ1) is 7.06. The van der Waals surface area contributed by atoms with Gasteiger partial charge in [-0.05, 0) is 37.0 Å². The Balaban J connectivity index is 2.10. The number of nitrogens with one attached hydrogen (secondary N) is 1. The van der Waals surface area contributed by atoms with Crippen LogP contribution in [0.1, 0.15) is 46.0 Å². The maximum absolute atomic E-state index is 11.5. The van der Waals surface area contributed by atoms with Gasteiger partial charge in [0.2, 0.25) is 5.91 Å². The topological polar surface area (TPSA) is 29.1 Å². The molecule has 0 saturated heterocycles. The predicted octanol–water partition coefficient (Wildman–Crippen LogP) is 2.95. The van der Waals surface area contributed by atoms with Crippen molar-refractivity contribution in [3.05, 3.63) is 0 Å². The fourth-order valence-electron chi connectivity index (χ4n) is 1.80. The van der Waals surface area contributed by atoms with Crippen molar-refractivity contribution >= 4 is 17.5 Å². The fraction of sp³-hybridized carbons (Fsp3) is 0.917. The molecule has 1 N–H and O–H groups in total. The molecule has 0 unspecified atom stereocenters. The van der Waals surface area contributed by atoms with Crippen LogP contribution in [0.2, 0.25) is 0 Å². The van der Waals surface area contributed by atoms with Gasteiger partial charge in [-0.1, -0.05) is 13.8 Å². The Morgan fingerprint density at radius 1 is 1.40 bits per heavy atom. The zero-order chi connectivity index (χ0) is 11.3. The highest BCUT2D eigenvalue weighted by Crippen LogP contribution is 2.44. The van der Waals surface area contributed by atoms with Crippen LogP contribution in [0.15, 0.2) is 0 Å². The zero-order valence-electron chi connectivity index (χ0n) is 9.81. The van der Waals surface area contributed by atoms with E-state index >= 15 is 0 Å². The summed E-state index contributed by atoms with van der Waals surface area (Å²) >= 11 is 5.55. The van der Waals surface area contributed by atoms with Gasteiger partial charge in [0.25, 0.3) is 0 Å². The molecule has 1 rings (SSSR count). The highest BCUT2D eigenvalue weighted by molar-refractivity contribution is 6.17. The van der Waals surface area contributed by atoms with Crippen molar-refractivity contribution in [3.63, 3.8) is 0 Å². The number of halogens is 1. The minimum atomic E-state index is 0.175. The minimum absolute atomic E-state index is 0.175. The minimum Gasteiger partial charge on any atom is -0.356 e. The number of rotatable bonds is 7. The van der Waals surface area contributed by atoms with Crippen molar-refractivity contribution in [2.75, 3.05) is 12.4 Å². The van der Waals surface area contributed by atoms with Gasteiger partial charge in [0.05, 0.1) is 0 Å². The Kier molecular flexibility index (Phi) is 4.91. The Morgan fingerprint density at radius 3 is 2.60 bits per heavy atom. The first-order valence-electron chi connectivity index (χ1n) is 5.89. The second kappa shape index (κ2) is 5.74. The van der Waals surface area contributed by atoms with Crippen molar-refractivity contribution in [2.45, 2.75) is 46.0 Å². The second-order valence-electron chi connectivity index (χ2n) is 5.19. The number of unbranched alkanes of at least 4 members (excludes halogenated alkanes) is 1. The van der Waals surface area contributed by atoms with Crippen LogP contribution in [-0.2, 0) is 4.79 Å². The van der Waals surface area contributed by atoms with Crippen LogP contribution in [0.5, 0.6) is 0 Å². The lowest BCUT2D eigenvalue weighted by molar-refractivity contribution is -0.121. The molecule has 0 aromatic carbocycles. The zero-order valence-corrected chi connectivity index (χ0v) is 10.6. The molecule has 0 spiro atoms. The number of amides is 1. The smallest absolute Gasteiger partial charge is 0.220 e. The van der Waals surface area contributed by atoms with Gasteiger partial charge in [0, 0.05) is 18.8 Å². The predicted molar refractivity (Wildman–Crippen MR) is 64.1 cm³/mol. The Hall–Kier alpha value is -0.240. The molecule has 88 valence electrons. The molecule has 1 aliphatic rings. The number of carbonyl (C=O) groups is 1. The quantitative estimate of drug-likeness (QED) is 0.530. The standard InChI is InChI=1S/C12H22ClNO/c1-12(2,10-6-7-10)9-14-11(15)5-3-4-8-13/h10H,3-9H2,1-2H3,(H,14,15). The van der Waals surface area contributed by atoms with Gasteiger partial charge in [-0.15, -0.1) is 11.6 Å². The van der Waals surface area contributed by atoms with Gasteiger partial charge in [0.1, 0.15) is 0 Å². The summed E-state index contributed by atoms with van der Waals surface area (Å²) < 4.78 is 0. The monoisotopic (exact) mass is 231 g/mol. The van der Waals surface area contributed by atoms with E-state index in [4.69, 9.17) is 11.6 Å². The largest absolute Gasteiger partial charge is 0.356 e. The molecule has 1 fully saturated rings. The Labute approximate surface area is 97.8 Å². The normalized spacial score (nSPS) is 16.5. The molecule has 0 aromatic rings. The summed E-state index contributed by atoms with van der Waals surface area (Å²) in [6.45, 7) is 5.30. The average Bonchev–Trinajstić information content (AvgIpc) is 2.98. The first kappa shape index (κ1) is 12.8. The van der Waals surface area contributed by atoms with Crippen LogP contribution in [0.4, 0.5) is 0 Å². The van der Waals surface area contributed by atoms with E-state index in [9.17, 15) is 4.79 Å². The van der Waals surface area contributed by atoms with E-state index in [0.717, 1.165) is 25.3 Å². The van der Waals surface area contributed by atoms with E-state index < -0.39 is 0 Å². The fourth-order valence-corrected chi connectivity index (χ4v) is 1.99. The third-order valence-corrected chi connectivity index (χ3v) is 3.48. The molecule has 3 heteroatoms. The third kappa shape index (κ3) is 4.87. The molecular weight excluding hydrogens is 210 g/mol. The Bertz CT molecular complexity index is 212. The lowest BCUT2D eigenvalue weighted by Gasteiger charge is -2.24. The van der Waals surface area contributed by atoms with Crippen molar-refractivity contribution in [1.82, 2.24) is 5.32 Å². The summed E-state index contributed by atoms with van der Waals surface area (Å²) in [5.41, 5.74) is 0.280. The number of alkyl halides is 1. The lowest BCUT2D eigenvalue weighted by Crippen LogP contribution is -2.35. The first-order valence-corrected chi connectivity index (χ1v) is 6.42. The molecule has 0 aliphatic heterocycles. The molecule has 0 aromatic heterocycles. The SMILES string of the molecule is CC(C)(CNC(=O)CCCCCl)C1CC1. The highest BCUT2D eigenvalue weighted by atomic mass is 35.5. The molecule has 0 atom stereocenters. The molecule has 1 amide bonds. The third-order valence-electron chi connectivity index (χ3n) is 3.21. The van der Waals surface area contributed by atoms with Crippen molar-refractivity contribution in [3.8, 4) is 0 Å². The second-order valence-corrected chi connectivity index (χ2v) is 5.56. The molecule has 0 heterocycles. The van der Waals surface area contributed by atoms with E-state index in [-0.39, 0.29) is 11.3 Å². The number of hydrogen-bond donors (Lipinski definition) is 1. The lowest BCUT2D eigenvalue weighted by atomic mass is 9.87. The van der Waals surface area contributed by atoms with Gasteiger partial charge in [0.15, 0.2) is 0 Å². The molecular formula is C12H22ClNO. The van der Waals surface area contributed by atoms with E-state index in [1.807, 2.05) is 0 Å². The molecule has 0 radical (unpaired) electrons. The molecule has 15 heavy (non-hydrogen) atoms. The van der Waals surface area contributed by atoms with Crippen LogP contribution in [-0.4, -0.2) is 18.3 Å². The van der Waals surface area contributed by atoms with Gasteiger partial charge in [-0.25, -0.2) is 0 Å². The number of hydrogen-bond acceptors (Lipinski definition) is 1. The molecule has 2 nitrogen and oxygen atoms in total. The van der Waals surface area contributed by atoms with Gasteiger partial charge >= 0.3 is 0 Å². The summed E-state index contributed by atoms with van der Waals surface area (Å²) in [6, 6.07) is 0. The summed E-state index contributed by atoms with van der Waals surface area (Å²) in [5.74, 6) is 1.65. The van der Waals surface area contributed by atoms with E-state index in [1.165, 1.54) is 12.8 Å². The van der Waals surface area contributed by atoms with Gasteiger partial charge in [-0.3, -0.25) is 4.79 Å². The van der Waals surface area contributed by atoms with Crippen LogP contribution >= 0.6 is 11.6 Å². The van der Waals surface area contributed by atoms with Crippen molar-refractivity contribution < 1.29 is 4.79 Å². The summed E-state index contributed by atoms with van der Waals surface area (Å²) in [6.07, 6.45) is 5.11. The molecule has 1 aliphatic carbocycles. The van der Waals surface area contributed by atoms with Gasteiger partial charge < -0.3 is 5.32 Å². The summed E-state index contributed by atoms with van der Waals surface area (Å²) in [5, 5.41) is 3.02. The highest BCUT2D eigenvalue weighted by Gasteiger charge is 2.37. The van der Waals surface area contributed by atoms with Crippen LogP contribution in [0.25, 0.3) is 0 Å². The molecule has 0 bridgehead atoms. The average molecular weight is 232 g/mol. The Morgan fingerprint density at radius 2 is 2.07 bits per heavy atom.